The Labute approximate surface area is 176 Å². The Morgan fingerprint density at radius 3 is 2.73 bits per heavy atom. The fourth-order valence-corrected chi connectivity index (χ4v) is 3.04. The van der Waals surface area contributed by atoms with Crippen molar-refractivity contribution in [1.29, 1.82) is 0 Å². The number of nitrogens with zero attached hydrogens (tertiary/aromatic N) is 2. The highest BCUT2D eigenvalue weighted by Crippen LogP contribution is 2.36. The Balaban J connectivity index is 1.72. The number of benzene rings is 2. The fourth-order valence-electron chi connectivity index (χ4n) is 2.88. The van der Waals surface area contributed by atoms with Crippen LogP contribution >= 0.6 is 11.6 Å². The summed E-state index contributed by atoms with van der Waals surface area (Å²) in [6.45, 7) is 2.22. The summed E-state index contributed by atoms with van der Waals surface area (Å²) in [6, 6.07) is 5.80. The normalized spacial score (nSPS) is 13.9. The number of hydrogen-bond acceptors (Lipinski definition) is 7. The molecule has 4 rings (SSSR count). The van der Waals surface area contributed by atoms with Crippen LogP contribution in [0.2, 0.25) is 5.02 Å². The zero-order valence-corrected chi connectivity index (χ0v) is 16.8. The van der Waals surface area contributed by atoms with Gasteiger partial charge in [-0.05, 0) is 18.2 Å². The molecule has 1 aliphatic heterocycles. The molecule has 30 heavy (non-hydrogen) atoms. The summed E-state index contributed by atoms with van der Waals surface area (Å²) in [5, 5.41) is 5.99. The van der Waals surface area contributed by atoms with Gasteiger partial charge in [-0.15, -0.1) is 0 Å². The van der Waals surface area contributed by atoms with Gasteiger partial charge in [-0.1, -0.05) is 11.6 Å². The quantitative estimate of drug-likeness (QED) is 0.412. The zero-order valence-electron chi connectivity index (χ0n) is 16.0. The van der Waals surface area contributed by atoms with E-state index in [1.165, 1.54) is 12.4 Å². The molecule has 0 amide bonds. The lowest BCUT2D eigenvalue weighted by Crippen LogP contribution is -2.50. The number of nitrogens with one attached hydrogen (secondary N) is 2. The maximum atomic E-state index is 14.3. The molecule has 0 bridgehead atoms. The van der Waals surface area contributed by atoms with Gasteiger partial charge < -0.3 is 24.8 Å². The van der Waals surface area contributed by atoms with Crippen LogP contribution in [0, 0.1) is 11.6 Å². The molecule has 7 nitrogen and oxygen atoms in total. The van der Waals surface area contributed by atoms with Crippen LogP contribution in [-0.4, -0.2) is 49.5 Å². The van der Waals surface area contributed by atoms with Crippen molar-refractivity contribution < 1.29 is 23.0 Å². The number of rotatable bonds is 8. The summed E-state index contributed by atoms with van der Waals surface area (Å²) in [7, 11) is 1.59. The van der Waals surface area contributed by atoms with Crippen molar-refractivity contribution in [3.63, 3.8) is 0 Å². The van der Waals surface area contributed by atoms with Crippen LogP contribution < -0.4 is 20.1 Å². The standard InChI is InChI=1S/C20H19ClF2N4O3/c1-28-4-5-29-16-7-15-12(6-17(16)30-11-8-24-9-11)20(26-10-25-15)27-14-3-2-13(22)18(21)19(14)23/h2-3,6-7,10-11,24H,4-5,8-9H2,1H3,(H,25,26,27). The molecule has 0 aliphatic carbocycles. The van der Waals surface area contributed by atoms with Crippen LogP contribution in [0.4, 0.5) is 20.3 Å². The third-order valence-electron chi connectivity index (χ3n) is 4.57. The second-order valence-corrected chi connectivity index (χ2v) is 7.00. The number of methoxy groups -OCH3 is 1. The predicted octanol–water partition coefficient (Wildman–Crippen LogP) is 3.68. The van der Waals surface area contributed by atoms with Crippen LogP contribution in [0.3, 0.4) is 0 Å². The van der Waals surface area contributed by atoms with E-state index in [1.807, 2.05) is 0 Å². The summed E-state index contributed by atoms with van der Waals surface area (Å²) in [4.78, 5) is 8.47. The second kappa shape index (κ2) is 8.95. The maximum Gasteiger partial charge on any atom is 0.168 e. The predicted molar refractivity (Wildman–Crippen MR) is 109 cm³/mol. The number of halogens is 3. The van der Waals surface area contributed by atoms with Gasteiger partial charge in [0.15, 0.2) is 17.3 Å². The van der Waals surface area contributed by atoms with E-state index in [2.05, 4.69) is 20.6 Å². The Morgan fingerprint density at radius 1 is 1.17 bits per heavy atom. The topological polar surface area (TPSA) is 77.5 Å². The van der Waals surface area contributed by atoms with Gasteiger partial charge in [0.25, 0.3) is 0 Å². The fraction of sp³-hybridized carbons (Fsp3) is 0.300. The minimum Gasteiger partial charge on any atom is -0.487 e. The van der Waals surface area contributed by atoms with E-state index >= 15 is 0 Å². The molecule has 0 radical (unpaired) electrons. The molecule has 0 atom stereocenters. The van der Waals surface area contributed by atoms with Crippen LogP contribution in [-0.2, 0) is 4.74 Å². The van der Waals surface area contributed by atoms with Crippen LogP contribution in [0.5, 0.6) is 11.5 Å². The van der Waals surface area contributed by atoms with Crippen LogP contribution in [0.1, 0.15) is 0 Å². The first kappa shape index (κ1) is 20.5. The molecular formula is C20H19ClF2N4O3. The van der Waals surface area contributed by atoms with E-state index in [0.29, 0.717) is 41.4 Å². The molecule has 1 aliphatic rings. The van der Waals surface area contributed by atoms with E-state index in [-0.39, 0.29) is 11.8 Å². The lowest BCUT2D eigenvalue weighted by Gasteiger charge is -2.28. The van der Waals surface area contributed by atoms with Gasteiger partial charge in [-0.3, -0.25) is 0 Å². The number of fused-ring (bicyclic) bond motifs is 1. The van der Waals surface area contributed by atoms with Crippen molar-refractivity contribution in [1.82, 2.24) is 15.3 Å². The van der Waals surface area contributed by atoms with Crippen LogP contribution in [0.15, 0.2) is 30.6 Å². The van der Waals surface area contributed by atoms with Crippen LogP contribution in [0.25, 0.3) is 10.9 Å². The molecule has 3 aromatic rings. The summed E-state index contributed by atoms with van der Waals surface area (Å²) in [5.41, 5.74) is 0.556. The molecule has 0 unspecified atom stereocenters. The summed E-state index contributed by atoms with van der Waals surface area (Å²) in [5.74, 6) is -0.385. The van der Waals surface area contributed by atoms with Crippen molar-refractivity contribution in [2.75, 3.05) is 38.7 Å². The largest absolute Gasteiger partial charge is 0.487 e. The van der Waals surface area contributed by atoms with Crippen molar-refractivity contribution in [3.8, 4) is 11.5 Å². The molecule has 0 spiro atoms. The molecule has 2 heterocycles. The average Bonchev–Trinajstić information content (AvgIpc) is 2.71. The second-order valence-electron chi connectivity index (χ2n) is 6.63. The molecule has 2 aromatic carbocycles. The lowest BCUT2D eigenvalue weighted by molar-refractivity contribution is 0.123. The Morgan fingerprint density at radius 2 is 2.00 bits per heavy atom. The SMILES string of the molecule is COCCOc1cc2ncnc(Nc3ccc(F)c(Cl)c3F)c2cc1OC1CNC1. The molecule has 1 aromatic heterocycles. The van der Waals surface area contributed by atoms with Crippen molar-refractivity contribution >= 4 is 34.0 Å². The molecule has 1 fully saturated rings. The number of ether oxygens (including phenoxy) is 3. The van der Waals surface area contributed by atoms with E-state index in [0.717, 1.165) is 19.2 Å². The lowest BCUT2D eigenvalue weighted by atomic mass is 10.2. The first-order chi connectivity index (χ1) is 14.6. The van der Waals surface area contributed by atoms with Gasteiger partial charge in [-0.2, -0.15) is 0 Å². The van der Waals surface area contributed by atoms with Gasteiger partial charge in [-0.25, -0.2) is 18.7 Å². The van der Waals surface area contributed by atoms with Crippen molar-refractivity contribution in [2.45, 2.75) is 6.10 Å². The molecule has 1 saturated heterocycles. The summed E-state index contributed by atoms with van der Waals surface area (Å²) in [6.07, 6.45) is 1.35. The highest BCUT2D eigenvalue weighted by molar-refractivity contribution is 6.31. The molecular weight excluding hydrogens is 418 g/mol. The molecule has 0 saturated carbocycles. The average molecular weight is 437 g/mol. The highest BCUT2D eigenvalue weighted by atomic mass is 35.5. The number of hydrogen-bond donors (Lipinski definition) is 2. The van der Waals surface area contributed by atoms with E-state index in [9.17, 15) is 8.78 Å². The van der Waals surface area contributed by atoms with Gasteiger partial charge in [0.05, 0.1) is 17.8 Å². The number of anilines is 2. The van der Waals surface area contributed by atoms with Gasteiger partial charge in [0, 0.05) is 31.7 Å². The Kier molecular flexibility index (Phi) is 6.12. The van der Waals surface area contributed by atoms with E-state index in [4.69, 9.17) is 25.8 Å². The number of aromatic nitrogens is 2. The minimum absolute atomic E-state index is 0.00696. The van der Waals surface area contributed by atoms with E-state index < -0.39 is 16.7 Å². The van der Waals surface area contributed by atoms with Crippen molar-refractivity contribution in [2.24, 2.45) is 0 Å². The maximum absolute atomic E-state index is 14.3. The van der Waals surface area contributed by atoms with Gasteiger partial charge >= 0.3 is 0 Å². The first-order valence-corrected chi connectivity index (χ1v) is 9.63. The van der Waals surface area contributed by atoms with Gasteiger partial charge in [0.1, 0.15) is 35.7 Å². The Bertz CT molecular complexity index is 1070. The third kappa shape index (κ3) is 4.23. The Hall–Kier alpha value is -2.75. The molecule has 2 N–H and O–H groups in total. The summed E-state index contributed by atoms with van der Waals surface area (Å²) >= 11 is 5.68. The first-order valence-electron chi connectivity index (χ1n) is 9.25. The zero-order chi connectivity index (χ0) is 21.1. The highest BCUT2D eigenvalue weighted by Gasteiger charge is 2.22. The molecule has 158 valence electrons. The third-order valence-corrected chi connectivity index (χ3v) is 4.92. The molecule has 10 heteroatoms. The van der Waals surface area contributed by atoms with E-state index in [1.54, 1.807) is 19.2 Å². The summed E-state index contributed by atoms with van der Waals surface area (Å²) < 4.78 is 44.7. The van der Waals surface area contributed by atoms with Crippen molar-refractivity contribution in [3.05, 3.63) is 47.2 Å². The minimum atomic E-state index is -0.903. The monoisotopic (exact) mass is 436 g/mol. The van der Waals surface area contributed by atoms with Gasteiger partial charge in [0.2, 0.25) is 0 Å². The smallest absolute Gasteiger partial charge is 0.168 e.